The third-order valence-corrected chi connectivity index (χ3v) is 3.50. The maximum Gasteiger partial charge on any atom is 0.428 e. The van der Waals surface area contributed by atoms with Gasteiger partial charge in [-0.2, -0.15) is 52.7 Å². The van der Waals surface area contributed by atoms with E-state index >= 15 is 0 Å². The van der Waals surface area contributed by atoms with E-state index < -0.39 is 60.8 Å². The molecule has 0 amide bonds. The Bertz CT molecular complexity index is 658. The van der Waals surface area contributed by atoms with Crippen molar-refractivity contribution in [1.82, 2.24) is 0 Å². The molecule has 0 aromatic heterocycles. The van der Waals surface area contributed by atoms with E-state index in [1.165, 1.54) is 0 Å². The van der Waals surface area contributed by atoms with Crippen LogP contribution in [0.25, 0.3) is 0 Å². The summed E-state index contributed by atoms with van der Waals surface area (Å²) in [6.45, 7) is -0.344. The molecule has 2 aliphatic rings. The van der Waals surface area contributed by atoms with E-state index in [0.717, 1.165) is 7.11 Å². The molecule has 2 heterocycles. The molecule has 0 saturated carbocycles. The third-order valence-electron chi connectivity index (χ3n) is 3.50. The molecule has 2 rings (SSSR count). The van der Waals surface area contributed by atoms with Crippen molar-refractivity contribution in [2.75, 3.05) is 7.11 Å². The molecule has 2 fully saturated rings. The minimum absolute atomic E-state index is 0. The van der Waals surface area contributed by atoms with E-state index in [0.29, 0.717) is 0 Å². The molecular formula is C12H10F14O7Rh. The Kier molecular flexibility index (Phi) is 9.17. The first kappa shape index (κ1) is 33.4. The van der Waals surface area contributed by atoms with Crippen LogP contribution in [0, 0.1) is 0 Å². The Balaban J connectivity index is 0.00000353. The van der Waals surface area contributed by atoms with Gasteiger partial charge in [-0.15, -0.1) is 0 Å². The van der Waals surface area contributed by atoms with Gasteiger partial charge < -0.3 is 10.2 Å². The van der Waals surface area contributed by atoms with Crippen molar-refractivity contribution >= 4 is 0 Å². The minimum atomic E-state index is -7.05. The van der Waals surface area contributed by atoms with Crippen molar-refractivity contribution in [2.24, 2.45) is 0 Å². The summed E-state index contributed by atoms with van der Waals surface area (Å²) in [7, 11) is 1.00. The quantitative estimate of drug-likeness (QED) is 0.343. The van der Waals surface area contributed by atoms with Crippen molar-refractivity contribution in [3.8, 4) is 0 Å². The summed E-state index contributed by atoms with van der Waals surface area (Å²) >= 11 is 0. The number of rotatable bonds is 6. The van der Waals surface area contributed by atoms with E-state index in [1.807, 2.05) is 4.74 Å². The maximum atomic E-state index is 14.1. The number of hydrogen-bond acceptors (Lipinski definition) is 7. The number of hydrogen-bond donors (Lipinski definition) is 2. The van der Waals surface area contributed by atoms with Gasteiger partial charge in [0.15, 0.2) is 0 Å². The third kappa shape index (κ3) is 5.37. The predicted molar refractivity (Wildman–Crippen MR) is 66.4 cm³/mol. The van der Waals surface area contributed by atoms with Crippen LogP contribution in [0.15, 0.2) is 0 Å². The van der Waals surface area contributed by atoms with E-state index in [-0.39, 0.29) is 26.4 Å². The standard InChI is InChI=1S/C11H6F14O6.CH4O.Rh/c1-4(12,13)2-27-6(16,8(18,19)29-2)10(22,23)31-11(24,25)7(17)9(20,21)30-3(28-7)5(14,15)26;1-2;/h2-3,26H,1H3;2H,1H3;. The van der Waals surface area contributed by atoms with Crippen molar-refractivity contribution in [1.29, 1.82) is 0 Å². The first-order valence-electron chi connectivity index (χ1n) is 7.56. The molecular weight excluding hydrogens is 625 g/mol. The molecule has 0 spiro atoms. The fourth-order valence-electron chi connectivity index (χ4n) is 2.02. The second-order valence-corrected chi connectivity index (χ2v) is 6.04. The average molecular weight is 635 g/mol. The summed E-state index contributed by atoms with van der Waals surface area (Å²) in [5.74, 6) is -17.6. The summed E-state index contributed by atoms with van der Waals surface area (Å²) in [4.78, 5) is 0. The molecule has 2 saturated heterocycles. The second-order valence-electron chi connectivity index (χ2n) is 6.04. The Morgan fingerprint density at radius 2 is 0.941 bits per heavy atom. The van der Waals surface area contributed by atoms with Gasteiger partial charge in [0, 0.05) is 33.5 Å². The van der Waals surface area contributed by atoms with Crippen LogP contribution in [0.3, 0.4) is 0 Å². The van der Waals surface area contributed by atoms with Gasteiger partial charge in [0.1, 0.15) is 0 Å². The Labute approximate surface area is 190 Å². The van der Waals surface area contributed by atoms with Gasteiger partial charge in [-0.05, 0) is 0 Å². The van der Waals surface area contributed by atoms with Crippen LogP contribution in [-0.4, -0.2) is 78.1 Å². The molecule has 2 aliphatic heterocycles. The van der Waals surface area contributed by atoms with Crippen LogP contribution in [0.2, 0.25) is 0 Å². The van der Waals surface area contributed by atoms with Crippen LogP contribution in [0.5, 0.6) is 0 Å². The fraction of sp³-hybridized carbons (Fsp3) is 1.00. The molecule has 207 valence electrons. The van der Waals surface area contributed by atoms with Gasteiger partial charge >= 0.3 is 42.3 Å². The molecule has 4 unspecified atom stereocenters. The van der Waals surface area contributed by atoms with Crippen molar-refractivity contribution in [2.45, 2.75) is 67.7 Å². The molecule has 7 nitrogen and oxygen atoms in total. The molecule has 1 radical (unpaired) electrons. The van der Waals surface area contributed by atoms with Gasteiger partial charge in [-0.25, -0.2) is 13.5 Å². The van der Waals surface area contributed by atoms with Crippen molar-refractivity contribution < 1.29 is 115 Å². The van der Waals surface area contributed by atoms with Gasteiger partial charge in [0.2, 0.25) is 6.29 Å². The SMILES string of the molecule is CC(F)(F)C1OC(F)(F)C(F)(C(F)(F)OC(F)(F)C2(F)OC(C(O)(F)F)OC2(F)F)O1.CO.[Rh]. The molecule has 34 heavy (non-hydrogen) atoms. The Morgan fingerprint density at radius 3 is 1.18 bits per heavy atom. The molecule has 0 aromatic carbocycles. The normalized spacial score (nSPS) is 33.7. The smallest absolute Gasteiger partial charge is 0.400 e. The summed E-state index contributed by atoms with van der Waals surface area (Å²) in [5.41, 5.74) is 0. The topological polar surface area (TPSA) is 86.6 Å². The number of alkyl halides is 14. The minimum Gasteiger partial charge on any atom is -0.400 e. The Hall–Kier alpha value is -0.637. The van der Waals surface area contributed by atoms with E-state index in [9.17, 15) is 61.5 Å². The largest absolute Gasteiger partial charge is 0.428 e. The number of aliphatic hydroxyl groups is 2. The molecule has 0 bridgehead atoms. The summed E-state index contributed by atoms with van der Waals surface area (Å²) in [6.07, 6.45) is -40.5. The predicted octanol–water partition coefficient (Wildman–Crippen LogP) is 3.30. The Morgan fingerprint density at radius 1 is 0.647 bits per heavy atom. The molecule has 4 atom stereocenters. The average Bonchev–Trinajstić information content (AvgIpc) is 3.00. The number of aliphatic hydroxyl groups excluding tert-OH is 1. The van der Waals surface area contributed by atoms with Crippen molar-refractivity contribution in [3.63, 3.8) is 0 Å². The first-order chi connectivity index (χ1) is 14.3. The van der Waals surface area contributed by atoms with Crippen LogP contribution >= 0.6 is 0 Å². The van der Waals surface area contributed by atoms with E-state index in [1.54, 1.807) is 0 Å². The number of ether oxygens (including phenoxy) is 5. The van der Waals surface area contributed by atoms with E-state index in [2.05, 4.69) is 18.9 Å². The van der Waals surface area contributed by atoms with Gasteiger partial charge in [0.05, 0.1) is 0 Å². The zero-order valence-corrected chi connectivity index (χ0v) is 17.4. The molecule has 0 aromatic rings. The first-order valence-corrected chi connectivity index (χ1v) is 7.56. The fourth-order valence-corrected chi connectivity index (χ4v) is 2.02. The number of halogens is 14. The molecule has 0 aliphatic carbocycles. The summed E-state index contributed by atoms with van der Waals surface area (Å²) in [5, 5.41) is 15.1. The van der Waals surface area contributed by atoms with Crippen molar-refractivity contribution in [3.05, 3.63) is 0 Å². The maximum absolute atomic E-state index is 14.1. The zero-order chi connectivity index (χ0) is 26.7. The van der Waals surface area contributed by atoms with Crippen LogP contribution in [-0.2, 0) is 43.2 Å². The van der Waals surface area contributed by atoms with Crippen LogP contribution in [0.4, 0.5) is 61.5 Å². The van der Waals surface area contributed by atoms with E-state index in [4.69, 9.17) is 10.2 Å². The van der Waals surface area contributed by atoms with Gasteiger partial charge in [-0.1, -0.05) is 0 Å². The summed E-state index contributed by atoms with van der Waals surface area (Å²) < 4.78 is 201. The van der Waals surface area contributed by atoms with Crippen LogP contribution < -0.4 is 0 Å². The zero-order valence-electron chi connectivity index (χ0n) is 15.7. The molecule has 2 N–H and O–H groups in total. The van der Waals surface area contributed by atoms with Gasteiger partial charge in [0.25, 0.3) is 12.2 Å². The van der Waals surface area contributed by atoms with Crippen LogP contribution in [0.1, 0.15) is 6.92 Å². The second kappa shape index (κ2) is 9.35. The molecule has 22 heteroatoms. The summed E-state index contributed by atoms with van der Waals surface area (Å²) in [6, 6.07) is 0. The monoisotopic (exact) mass is 635 g/mol. The van der Waals surface area contributed by atoms with Gasteiger partial charge in [-0.3, -0.25) is 18.9 Å².